The molecular weight excluding hydrogens is 248 g/mol. The van der Waals surface area contributed by atoms with E-state index in [4.69, 9.17) is 4.42 Å². The van der Waals surface area contributed by atoms with Crippen LogP contribution in [0.5, 0.6) is 0 Å². The second-order valence-electron chi connectivity index (χ2n) is 4.78. The fourth-order valence-electron chi connectivity index (χ4n) is 2.17. The Morgan fingerprint density at radius 2 is 2.05 bits per heavy atom. The number of nitrogens with one attached hydrogen (secondary N) is 2. The first-order valence-electron chi connectivity index (χ1n) is 6.40. The molecular formula is C13H18N2O4. The molecule has 1 heterocycles. The molecule has 3 N–H and O–H groups in total. The molecule has 0 bridgehead atoms. The van der Waals surface area contributed by atoms with Crippen molar-refractivity contribution in [3.05, 3.63) is 24.2 Å². The number of carbonyl (C=O) groups is 2. The highest BCUT2D eigenvalue weighted by atomic mass is 16.3. The summed E-state index contributed by atoms with van der Waals surface area (Å²) in [6.45, 7) is 0.147. The van der Waals surface area contributed by atoms with Gasteiger partial charge in [0.05, 0.1) is 19.4 Å². The van der Waals surface area contributed by atoms with Gasteiger partial charge in [0.15, 0.2) is 0 Å². The summed E-state index contributed by atoms with van der Waals surface area (Å²) in [5.41, 5.74) is -1.29. The van der Waals surface area contributed by atoms with Gasteiger partial charge in [-0.1, -0.05) is 0 Å². The van der Waals surface area contributed by atoms with E-state index in [1.165, 1.54) is 6.26 Å². The predicted octanol–water partition coefficient (Wildman–Crippen LogP) is 0.317. The first kappa shape index (κ1) is 13.6. The zero-order chi connectivity index (χ0) is 13.7. The summed E-state index contributed by atoms with van der Waals surface area (Å²) in [5.74, 6) is -0.126. The fourth-order valence-corrected chi connectivity index (χ4v) is 2.17. The quantitative estimate of drug-likeness (QED) is 0.715. The van der Waals surface area contributed by atoms with Gasteiger partial charge < -0.3 is 20.2 Å². The Hall–Kier alpha value is -1.82. The van der Waals surface area contributed by atoms with Crippen LogP contribution < -0.4 is 10.6 Å². The van der Waals surface area contributed by atoms with Crippen LogP contribution in [0.2, 0.25) is 0 Å². The second-order valence-corrected chi connectivity index (χ2v) is 4.78. The topological polar surface area (TPSA) is 91.6 Å². The molecule has 0 atom stereocenters. The van der Waals surface area contributed by atoms with Crippen molar-refractivity contribution in [1.82, 2.24) is 10.6 Å². The van der Waals surface area contributed by atoms with Gasteiger partial charge in [-0.2, -0.15) is 0 Å². The Kier molecular flexibility index (Phi) is 4.21. The first-order valence-corrected chi connectivity index (χ1v) is 6.40. The van der Waals surface area contributed by atoms with Crippen molar-refractivity contribution in [3.63, 3.8) is 0 Å². The predicted molar refractivity (Wildman–Crippen MR) is 67.0 cm³/mol. The Labute approximate surface area is 111 Å². The molecule has 0 unspecified atom stereocenters. The maximum Gasteiger partial charge on any atom is 0.252 e. The van der Waals surface area contributed by atoms with Crippen LogP contribution in [0.3, 0.4) is 0 Å². The molecule has 0 radical (unpaired) electrons. The Bertz CT molecular complexity index is 436. The van der Waals surface area contributed by atoms with Crippen LogP contribution in [-0.2, 0) is 16.1 Å². The van der Waals surface area contributed by atoms with Crippen LogP contribution in [0, 0.1) is 0 Å². The standard InChI is InChI=1S/C13H18N2O4/c16-11(14-8-10-4-3-7-19-10)9-15-12(17)13(18)5-1-2-6-13/h3-4,7,18H,1-2,5-6,8-9H2,(H,14,16)(H,15,17). The van der Waals surface area contributed by atoms with Crippen LogP contribution in [0.4, 0.5) is 0 Å². The SMILES string of the molecule is O=C(CNC(=O)C1(O)CCCC1)NCc1ccco1. The van der Waals surface area contributed by atoms with E-state index in [-0.39, 0.29) is 19.0 Å². The zero-order valence-corrected chi connectivity index (χ0v) is 10.6. The zero-order valence-electron chi connectivity index (χ0n) is 10.6. The van der Waals surface area contributed by atoms with E-state index in [0.717, 1.165) is 12.8 Å². The van der Waals surface area contributed by atoms with Crippen molar-refractivity contribution in [2.45, 2.75) is 37.8 Å². The highest BCUT2D eigenvalue weighted by Gasteiger charge is 2.38. The molecule has 0 aromatic carbocycles. The number of carbonyl (C=O) groups excluding carboxylic acids is 2. The van der Waals surface area contributed by atoms with Gasteiger partial charge in [-0.25, -0.2) is 0 Å². The van der Waals surface area contributed by atoms with Crippen LogP contribution in [0.1, 0.15) is 31.4 Å². The number of hydrogen-bond acceptors (Lipinski definition) is 4. The monoisotopic (exact) mass is 266 g/mol. The largest absolute Gasteiger partial charge is 0.467 e. The molecule has 0 aliphatic heterocycles. The van der Waals surface area contributed by atoms with Crippen LogP contribution in [0.15, 0.2) is 22.8 Å². The lowest BCUT2D eigenvalue weighted by Crippen LogP contribution is -2.47. The molecule has 1 aliphatic carbocycles. The van der Waals surface area contributed by atoms with Crippen LogP contribution >= 0.6 is 0 Å². The van der Waals surface area contributed by atoms with Gasteiger partial charge in [0.2, 0.25) is 5.91 Å². The minimum absolute atomic E-state index is 0.137. The average Bonchev–Trinajstić information content (AvgIpc) is 3.05. The third kappa shape index (κ3) is 3.57. The van der Waals surface area contributed by atoms with Crippen molar-refractivity contribution >= 4 is 11.8 Å². The van der Waals surface area contributed by atoms with Crippen molar-refractivity contribution in [1.29, 1.82) is 0 Å². The lowest BCUT2D eigenvalue weighted by atomic mass is 10.0. The maximum atomic E-state index is 11.7. The lowest BCUT2D eigenvalue weighted by molar-refractivity contribution is -0.140. The van der Waals surface area contributed by atoms with E-state index in [1.807, 2.05) is 0 Å². The van der Waals surface area contributed by atoms with E-state index in [9.17, 15) is 14.7 Å². The fraction of sp³-hybridized carbons (Fsp3) is 0.538. The highest BCUT2D eigenvalue weighted by molar-refractivity contribution is 5.89. The van der Waals surface area contributed by atoms with E-state index < -0.39 is 11.5 Å². The smallest absolute Gasteiger partial charge is 0.252 e. The molecule has 19 heavy (non-hydrogen) atoms. The van der Waals surface area contributed by atoms with Crippen molar-refractivity contribution in [3.8, 4) is 0 Å². The normalized spacial score (nSPS) is 17.1. The summed E-state index contributed by atoms with van der Waals surface area (Å²) in [5, 5.41) is 15.1. The summed E-state index contributed by atoms with van der Waals surface area (Å²) in [4.78, 5) is 23.3. The van der Waals surface area contributed by atoms with Crippen molar-refractivity contribution in [2.24, 2.45) is 0 Å². The van der Waals surface area contributed by atoms with E-state index in [1.54, 1.807) is 12.1 Å². The molecule has 6 heteroatoms. The maximum absolute atomic E-state index is 11.7. The molecule has 2 amide bonds. The molecule has 0 spiro atoms. The number of hydrogen-bond donors (Lipinski definition) is 3. The highest BCUT2D eigenvalue weighted by Crippen LogP contribution is 2.29. The minimum Gasteiger partial charge on any atom is -0.467 e. The average molecular weight is 266 g/mol. The van der Waals surface area contributed by atoms with E-state index >= 15 is 0 Å². The molecule has 0 saturated heterocycles. The van der Waals surface area contributed by atoms with E-state index in [2.05, 4.69) is 10.6 Å². The van der Waals surface area contributed by atoms with Gasteiger partial charge in [-0.3, -0.25) is 9.59 Å². The van der Waals surface area contributed by atoms with Gasteiger partial charge >= 0.3 is 0 Å². The summed E-state index contributed by atoms with van der Waals surface area (Å²) in [7, 11) is 0. The second kappa shape index (κ2) is 5.88. The number of amides is 2. The number of aliphatic hydroxyl groups is 1. The van der Waals surface area contributed by atoms with Crippen LogP contribution in [0.25, 0.3) is 0 Å². The Morgan fingerprint density at radius 1 is 1.32 bits per heavy atom. The van der Waals surface area contributed by atoms with Crippen LogP contribution in [-0.4, -0.2) is 29.1 Å². The summed E-state index contributed by atoms with van der Waals surface area (Å²) < 4.78 is 5.06. The van der Waals surface area contributed by atoms with Gasteiger partial charge in [0.1, 0.15) is 11.4 Å². The molecule has 104 valence electrons. The Balaban J connectivity index is 1.70. The molecule has 1 aromatic rings. The van der Waals surface area contributed by atoms with Crippen molar-refractivity contribution < 1.29 is 19.1 Å². The lowest BCUT2D eigenvalue weighted by Gasteiger charge is -2.20. The minimum atomic E-state index is -1.29. The first-order chi connectivity index (χ1) is 9.10. The number of furan rings is 1. The molecule has 1 saturated carbocycles. The summed E-state index contributed by atoms with van der Waals surface area (Å²) in [6.07, 6.45) is 4.14. The third-order valence-corrected chi connectivity index (χ3v) is 3.30. The number of rotatable bonds is 5. The molecule has 2 rings (SSSR count). The molecule has 1 aliphatic rings. The third-order valence-electron chi connectivity index (χ3n) is 3.30. The Morgan fingerprint density at radius 3 is 2.68 bits per heavy atom. The van der Waals surface area contributed by atoms with Gasteiger partial charge in [0.25, 0.3) is 5.91 Å². The molecule has 1 fully saturated rings. The summed E-state index contributed by atoms with van der Waals surface area (Å²) in [6, 6.07) is 3.49. The van der Waals surface area contributed by atoms with Gasteiger partial charge in [-0.05, 0) is 37.8 Å². The molecule has 1 aromatic heterocycles. The van der Waals surface area contributed by atoms with E-state index in [0.29, 0.717) is 18.6 Å². The van der Waals surface area contributed by atoms with Gasteiger partial charge in [0, 0.05) is 0 Å². The van der Waals surface area contributed by atoms with Gasteiger partial charge in [-0.15, -0.1) is 0 Å². The summed E-state index contributed by atoms with van der Waals surface area (Å²) >= 11 is 0. The van der Waals surface area contributed by atoms with Crippen molar-refractivity contribution in [2.75, 3.05) is 6.54 Å². The molecule has 6 nitrogen and oxygen atoms in total.